The minimum absolute atomic E-state index is 0.0561. The van der Waals surface area contributed by atoms with Gasteiger partial charge in [0.2, 0.25) is 0 Å². The molecule has 2 rings (SSSR count). The standard InChI is InChI=1S/C9H14O3/c1-2-12-9(11)8-6-3-5(10)4-7(6)8/h5-8,10H,2-4H2,1H3/t5?,6-,7-,8?/m0/s1. The Balaban J connectivity index is 1.85. The van der Waals surface area contributed by atoms with Gasteiger partial charge >= 0.3 is 5.97 Å². The van der Waals surface area contributed by atoms with Crippen LogP contribution >= 0.6 is 0 Å². The van der Waals surface area contributed by atoms with E-state index in [1.165, 1.54) is 0 Å². The maximum atomic E-state index is 11.2. The van der Waals surface area contributed by atoms with Gasteiger partial charge in [0.25, 0.3) is 0 Å². The van der Waals surface area contributed by atoms with Gasteiger partial charge in [-0.25, -0.2) is 0 Å². The van der Waals surface area contributed by atoms with E-state index in [4.69, 9.17) is 4.74 Å². The number of hydrogen-bond acceptors (Lipinski definition) is 3. The molecule has 2 atom stereocenters. The van der Waals surface area contributed by atoms with Crippen LogP contribution < -0.4 is 0 Å². The molecule has 3 nitrogen and oxygen atoms in total. The molecule has 0 bridgehead atoms. The summed E-state index contributed by atoms with van der Waals surface area (Å²) in [7, 11) is 0. The zero-order valence-electron chi connectivity index (χ0n) is 7.19. The number of esters is 1. The molecule has 68 valence electrons. The lowest BCUT2D eigenvalue weighted by atomic mass is 10.1. The summed E-state index contributed by atoms with van der Waals surface area (Å²) < 4.78 is 4.92. The Morgan fingerprint density at radius 2 is 2.08 bits per heavy atom. The van der Waals surface area contributed by atoms with Gasteiger partial charge in [0.05, 0.1) is 18.6 Å². The summed E-state index contributed by atoms with van der Waals surface area (Å²) in [5, 5.41) is 9.21. The van der Waals surface area contributed by atoms with Crippen molar-refractivity contribution < 1.29 is 14.6 Å². The van der Waals surface area contributed by atoms with E-state index in [1.54, 1.807) is 0 Å². The highest BCUT2D eigenvalue weighted by Gasteiger charge is 2.60. The van der Waals surface area contributed by atoms with Crippen LogP contribution in [0.5, 0.6) is 0 Å². The number of rotatable bonds is 2. The van der Waals surface area contributed by atoms with E-state index in [2.05, 4.69) is 0 Å². The number of aliphatic hydroxyl groups is 1. The van der Waals surface area contributed by atoms with Crippen LogP contribution in [0.2, 0.25) is 0 Å². The van der Waals surface area contributed by atoms with Gasteiger partial charge in [0.1, 0.15) is 0 Å². The summed E-state index contributed by atoms with van der Waals surface area (Å²) >= 11 is 0. The van der Waals surface area contributed by atoms with Crippen LogP contribution in [-0.4, -0.2) is 23.8 Å². The van der Waals surface area contributed by atoms with Crippen molar-refractivity contribution in [2.75, 3.05) is 6.61 Å². The monoisotopic (exact) mass is 170 g/mol. The summed E-state index contributed by atoms with van der Waals surface area (Å²) in [5.74, 6) is 0.922. The molecule has 2 fully saturated rings. The Labute approximate surface area is 71.7 Å². The van der Waals surface area contributed by atoms with Crippen LogP contribution in [0, 0.1) is 17.8 Å². The highest BCUT2D eigenvalue weighted by Crippen LogP contribution is 2.57. The Bertz CT molecular complexity index is 190. The Hall–Kier alpha value is -0.570. The molecule has 12 heavy (non-hydrogen) atoms. The second kappa shape index (κ2) is 2.73. The number of carbonyl (C=O) groups is 1. The van der Waals surface area contributed by atoms with Gasteiger partial charge in [-0.05, 0) is 31.6 Å². The van der Waals surface area contributed by atoms with Crippen molar-refractivity contribution in [3.8, 4) is 0 Å². The summed E-state index contributed by atoms with van der Waals surface area (Å²) in [4.78, 5) is 11.2. The van der Waals surface area contributed by atoms with Crippen LogP contribution in [0.1, 0.15) is 19.8 Å². The number of carbonyl (C=O) groups excluding carboxylic acids is 1. The van der Waals surface area contributed by atoms with Crippen molar-refractivity contribution in [3.63, 3.8) is 0 Å². The smallest absolute Gasteiger partial charge is 0.309 e. The molecule has 0 aromatic carbocycles. The highest BCUT2D eigenvalue weighted by atomic mass is 16.5. The first-order valence-corrected chi connectivity index (χ1v) is 4.58. The van der Waals surface area contributed by atoms with Gasteiger partial charge < -0.3 is 9.84 Å². The molecular weight excluding hydrogens is 156 g/mol. The zero-order valence-corrected chi connectivity index (χ0v) is 7.19. The van der Waals surface area contributed by atoms with E-state index in [9.17, 15) is 9.90 Å². The minimum atomic E-state index is -0.161. The number of hydrogen-bond donors (Lipinski definition) is 1. The molecule has 0 amide bonds. The van der Waals surface area contributed by atoms with Crippen molar-refractivity contribution in [3.05, 3.63) is 0 Å². The molecule has 0 unspecified atom stereocenters. The molecule has 2 saturated carbocycles. The van der Waals surface area contributed by atoms with E-state index < -0.39 is 0 Å². The first-order chi connectivity index (χ1) is 5.74. The minimum Gasteiger partial charge on any atom is -0.466 e. The quantitative estimate of drug-likeness (QED) is 0.616. The normalized spacial score (nSPS) is 39.3. The van der Waals surface area contributed by atoms with Gasteiger partial charge in [-0.15, -0.1) is 0 Å². The third-order valence-electron chi connectivity index (χ3n) is 2.98. The predicted molar refractivity (Wildman–Crippen MR) is 42.3 cm³/mol. The SMILES string of the molecule is CCOC(=O)C1[C@H]2CC(O)C[C@H]12. The second-order valence-electron chi connectivity index (χ2n) is 3.73. The average molecular weight is 170 g/mol. The van der Waals surface area contributed by atoms with Crippen LogP contribution in [0.4, 0.5) is 0 Å². The predicted octanol–water partition coefficient (Wildman–Crippen LogP) is 0.566. The molecule has 3 heteroatoms. The van der Waals surface area contributed by atoms with Crippen molar-refractivity contribution in [2.45, 2.75) is 25.9 Å². The molecule has 0 aromatic heterocycles. The van der Waals surface area contributed by atoms with E-state index in [1.807, 2.05) is 6.92 Å². The molecular formula is C9H14O3. The van der Waals surface area contributed by atoms with Crippen LogP contribution in [0.15, 0.2) is 0 Å². The average Bonchev–Trinajstić information content (AvgIpc) is 2.51. The molecule has 0 spiro atoms. The molecule has 0 aliphatic heterocycles. The fraction of sp³-hybridized carbons (Fsp3) is 0.889. The van der Waals surface area contributed by atoms with Gasteiger partial charge in [-0.2, -0.15) is 0 Å². The summed E-state index contributed by atoms with van der Waals surface area (Å²) in [6.45, 7) is 2.29. The lowest BCUT2D eigenvalue weighted by molar-refractivity contribution is -0.145. The lowest BCUT2D eigenvalue weighted by Crippen LogP contribution is -2.14. The Kier molecular flexibility index (Phi) is 1.83. The van der Waals surface area contributed by atoms with E-state index in [0.29, 0.717) is 18.4 Å². The molecule has 0 saturated heterocycles. The van der Waals surface area contributed by atoms with Gasteiger partial charge in [0.15, 0.2) is 0 Å². The third kappa shape index (κ3) is 1.12. The molecule has 2 aliphatic rings. The molecule has 0 radical (unpaired) electrons. The molecule has 0 aromatic rings. The van der Waals surface area contributed by atoms with Crippen molar-refractivity contribution in [2.24, 2.45) is 17.8 Å². The van der Waals surface area contributed by atoms with E-state index in [0.717, 1.165) is 12.8 Å². The van der Waals surface area contributed by atoms with Gasteiger partial charge in [-0.1, -0.05) is 0 Å². The topological polar surface area (TPSA) is 46.5 Å². The second-order valence-corrected chi connectivity index (χ2v) is 3.73. The largest absolute Gasteiger partial charge is 0.466 e. The summed E-state index contributed by atoms with van der Waals surface area (Å²) in [5.41, 5.74) is 0. The zero-order chi connectivity index (χ0) is 8.72. The lowest BCUT2D eigenvalue weighted by Gasteiger charge is -2.06. The third-order valence-corrected chi connectivity index (χ3v) is 2.98. The van der Waals surface area contributed by atoms with Crippen LogP contribution in [0.25, 0.3) is 0 Å². The van der Waals surface area contributed by atoms with Crippen molar-refractivity contribution >= 4 is 5.97 Å². The molecule has 1 N–H and O–H groups in total. The number of aliphatic hydroxyl groups excluding tert-OH is 1. The van der Waals surface area contributed by atoms with Gasteiger partial charge in [-0.3, -0.25) is 4.79 Å². The summed E-state index contributed by atoms with van der Waals surface area (Å²) in [6, 6.07) is 0. The Morgan fingerprint density at radius 1 is 1.50 bits per heavy atom. The molecule has 2 aliphatic carbocycles. The summed E-state index contributed by atoms with van der Waals surface area (Å²) in [6.07, 6.45) is 1.44. The van der Waals surface area contributed by atoms with Crippen molar-refractivity contribution in [1.82, 2.24) is 0 Å². The maximum absolute atomic E-state index is 11.2. The number of ether oxygens (including phenoxy) is 1. The van der Waals surface area contributed by atoms with E-state index >= 15 is 0 Å². The first kappa shape index (κ1) is 8.05. The first-order valence-electron chi connectivity index (χ1n) is 4.58. The fourth-order valence-corrected chi connectivity index (χ4v) is 2.40. The fourth-order valence-electron chi connectivity index (χ4n) is 2.40. The highest BCUT2D eigenvalue weighted by molar-refractivity contribution is 5.76. The Morgan fingerprint density at radius 3 is 2.58 bits per heavy atom. The van der Waals surface area contributed by atoms with Crippen LogP contribution in [-0.2, 0) is 9.53 Å². The maximum Gasteiger partial charge on any atom is 0.309 e. The van der Waals surface area contributed by atoms with Crippen LogP contribution in [0.3, 0.4) is 0 Å². The van der Waals surface area contributed by atoms with Gasteiger partial charge in [0, 0.05) is 0 Å². The molecule has 0 heterocycles. The number of fused-ring (bicyclic) bond motifs is 1. The van der Waals surface area contributed by atoms with Crippen molar-refractivity contribution in [1.29, 1.82) is 0 Å². The van der Waals surface area contributed by atoms with E-state index in [-0.39, 0.29) is 18.0 Å².